The van der Waals surface area contributed by atoms with Gasteiger partial charge in [0, 0.05) is 16.5 Å². The van der Waals surface area contributed by atoms with Gasteiger partial charge in [-0.2, -0.15) is 0 Å². The lowest BCUT2D eigenvalue weighted by Crippen LogP contribution is -1.91. The molecule has 124 valence electrons. The third-order valence-electron chi connectivity index (χ3n) is 4.53. The molecule has 0 aliphatic heterocycles. The van der Waals surface area contributed by atoms with E-state index in [0.29, 0.717) is 0 Å². The lowest BCUT2D eigenvalue weighted by Gasteiger charge is -2.08. The van der Waals surface area contributed by atoms with Gasteiger partial charge in [0.1, 0.15) is 0 Å². The first-order valence-corrected chi connectivity index (χ1v) is 9.46. The molecule has 0 fully saturated rings. The fourth-order valence-electron chi connectivity index (χ4n) is 3.33. The Bertz CT molecular complexity index is 1160. The summed E-state index contributed by atoms with van der Waals surface area (Å²) in [6, 6.07) is 31.5. The van der Waals surface area contributed by atoms with Crippen molar-refractivity contribution in [3.63, 3.8) is 0 Å². The Labute approximate surface area is 156 Å². The fraction of sp³-hybridized carbons (Fsp3) is 0. The van der Waals surface area contributed by atoms with Gasteiger partial charge in [0.15, 0.2) is 4.96 Å². The summed E-state index contributed by atoms with van der Waals surface area (Å²) in [5, 5.41) is 2.19. The van der Waals surface area contributed by atoms with Gasteiger partial charge in [-0.3, -0.25) is 4.40 Å². The van der Waals surface area contributed by atoms with Crippen molar-refractivity contribution in [3.05, 3.63) is 96.4 Å². The zero-order valence-corrected chi connectivity index (χ0v) is 14.9. The maximum Gasteiger partial charge on any atom is 0.195 e. The number of nitrogens with zero attached hydrogens (tertiary/aromatic N) is 2. The summed E-state index contributed by atoms with van der Waals surface area (Å²) in [6.07, 6.45) is 0. The summed E-state index contributed by atoms with van der Waals surface area (Å²) >= 11 is 1.68. The predicted molar refractivity (Wildman–Crippen MR) is 109 cm³/mol. The summed E-state index contributed by atoms with van der Waals surface area (Å²) in [6.45, 7) is 0. The van der Waals surface area contributed by atoms with Crippen molar-refractivity contribution in [1.82, 2.24) is 9.38 Å². The van der Waals surface area contributed by atoms with Gasteiger partial charge in [0.25, 0.3) is 0 Å². The molecule has 0 unspecified atom stereocenters. The molecule has 26 heavy (non-hydrogen) atoms. The second-order valence-electron chi connectivity index (χ2n) is 6.15. The average molecular weight is 352 g/mol. The minimum absolute atomic E-state index is 1.02. The summed E-state index contributed by atoms with van der Waals surface area (Å²) in [7, 11) is 0. The molecule has 2 aromatic heterocycles. The SMILES string of the molecule is c1ccc(-c2nc3scc(-c4ccccc4)n3c2-c2ccccc2)cc1. The smallest absolute Gasteiger partial charge is 0.195 e. The predicted octanol–water partition coefficient (Wildman–Crippen LogP) is 6.40. The van der Waals surface area contributed by atoms with Crippen LogP contribution in [-0.2, 0) is 0 Å². The first kappa shape index (κ1) is 15.1. The number of hydrogen-bond acceptors (Lipinski definition) is 2. The van der Waals surface area contributed by atoms with Crippen molar-refractivity contribution in [2.45, 2.75) is 0 Å². The van der Waals surface area contributed by atoms with Gasteiger partial charge in [-0.25, -0.2) is 4.98 Å². The minimum Gasteiger partial charge on any atom is -0.282 e. The highest BCUT2D eigenvalue weighted by Gasteiger charge is 2.19. The molecular weight excluding hydrogens is 336 g/mol. The number of benzene rings is 3. The molecule has 2 heterocycles. The molecule has 0 spiro atoms. The second kappa shape index (κ2) is 6.28. The summed E-state index contributed by atoms with van der Waals surface area (Å²) in [5.41, 5.74) is 6.87. The van der Waals surface area contributed by atoms with E-state index >= 15 is 0 Å². The molecule has 5 aromatic rings. The van der Waals surface area contributed by atoms with E-state index in [1.54, 1.807) is 11.3 Å². The zero-order valence-electron chi connectivity index (χ0n) is 14.0. The summed E-state index contributed by atoms with van der Waals surface area (Å²) in [5.74, 6) is 0. The number of hydrogen-bond donors (Lipinski definition) is 0. The van der Waals surface area contributed by atoms with Gasteiger partial charge in [-0.1, -0.05) is 91.0 Å². The molecule has 3 aromatic carbocycles. The second-order valence-corrected chi connectivity index (χ2v) is 6.98. The van der Waals surface area contributed by atoms with E-state index in [2.05, 4.69) is 94.7 Å². The Hall–Kier alpha value is -3.17. The molecule has 0 bridgehead atoms. The van der Waals surface area contributed by atoms with E-state index in [1.807, 2.05) is 6.07 Å². The quantitative estimate of drug-likeness (QED) is 0.367. The molecule has 5 rings (SSSR count). The molecule has 0 atom stereocenters. The Morgan fingerprint density at radius 1 is 0.615 bits per heavy atom. The number of thiazole rings is 1. The van der Waals surface area contributed by atoms with Crippen LogP contribution in [0.4, 0.5) is 0 Å². The fourth-order valence-corrected chi connectivity index (χ4v) is 4.23. The van der Waals surface area contributed by atoms with E-state index in [0.717, 1.165) is 21.9 Å². The van der Waals surface area contributed by atoms with Gasteiger partial charge in [0.05, 0.1) is 17.1 Å². The van der Waals surface area contributed by atoms with Crippen molar-refractivity contribution >= 4 is 16.3 Å². The van der Waals surface area contributed by atoms with E-state index in [4.69, 9.17) is 4.98 Å². The van der Waals surface area contributed by atoms with Crippen LogP contribution in [0.1, 0.15) is 0 Å². The standard InChI is InChI=1S/C23H16N2S/c1-4-10-17(11-5-1)20-16-26-23-24-21(18-12-6-2-7-13-18)22(25(20)23)19-14-8-3-9-15-19/h1-16H. The summed E-state index contributed by atoms with van der Waals surface area (Å²) in [4.78, 5) is 6.00. The lowest BCUT2D eigenvalue weighted by molar-refractivity contribution is 1.24. The van der Waals surface area contributed by atoms with Crippen molar-refractivity contribution < 1.29 is 0 Å². The van der Waals surface area contributed by atoms with Crippen LogP contribution in [0.2, 0.25) is 0 Å². The lowest BCUT2D eigenvalue weighted by atomic mass is 10.0. The van der Waals surface area contributed by atoms with Crippen LogP contribution >= 0.6 is 11.3 Å². The van der Waals surface area contributed by atoms with Crippen LogP contribution in [0.25, 0.3) is 38.7 Å². The van der Waals surface area contributed by atoms with Crippen LogP contribution < -0.4 is 0 Å². The van der Waals surface area contributed by atoms with Crippen LogP contribution in [0.3, 0.4) is 0 Å². The normalized spacial score (nSPS) is 11.1. The Kier molecular flexibility index (Phi) is 3.65. The highest BCUT2D eigenvalue weighted by atomic mass is 32.1. The third kappa shape index (κ3) is 2.45. The first-order valence-electron chi connectivity index (χ1n) is 8.58. The van der Waals surface area contributed by atoms with Gasteiger partial charge in [-0.15, -0.1) is 11.3 Å². The number of aromatic nitrogens is 2. The van der Waals surface area contributed by atoms with Crippen molar-refractivity contribution in [1.29, 1.82) is 0 Å². The monoisotopic (exact) mass is 352 g/mol. The van der Waals surface area contributed by atoms with Crippen molar-refractivity contribution in [3.8, 4) is 33.8 Å². The Balaban J connectivity index is 1.86. The number of imidazole rings is 1. The largest absolute Gasteiger partial charge is 0.282 e. The topological polar surface area (TPSA) is 17.3 Å². The molecule has 2 nitrogen and oxygen atoms in total. The molecule has 0 saturated carbocycles. The molecule has 3 heteroatoms. The average Bonchev–Trinajstić information content (AvgIpc) is 3.29. The molecule has 0 radical (unpaired) electrons. The molecule has 0 saturated heterocycles. The van der Waals surface area contributed by atoms with E-state index < -0.39 is 0 Å². The van der Waals surface area contributed by atoms with Crippen LogP contribution in [0.5, 0.6) is 0 Å². The molecular formula is C23H16N2S. The van der Waals surface area contributed by atoms with Crippen molar-refractivity contribution in [2.75, 3.05) is 0 Å². The van der Waals surface area contributed by atoms with Gasteiger partial charge >= 0.3 is 0 Å². The van der Waals surface area contributed by atoms with Gasteiger partial charge < -0.3 is 0 Å². The maximum absolute atomic E-state index is 4.99. The zero-order chi connectivity index (χ0) is 17.3. The Morgan fingerprint density at radius 3 is 1.77 bits per heavy atom. The highest BCUT2D eigenvalue weighted by molar-refractivity contribution is 7.15. The molecule has 0 amide bonds. The highest BCUT2D eigenvalue weighted by Crippen LogP contribution is 2.38. The van der Waals surface area contributed by atoms with Crippen LogP contribution in [0, 0.1) is 0 Å². The number of fused-ring (bicyclic) bond motifs is 1. The molecule has 0 aliphatic carbocycles. The first-order chi connectivity index (χ1) is 12.9. The van der Waals surface area contributed by atoms with Gasteiger partial charge in [-0.05, 0) is 5.56 Å². The van der Waals surface area contributed by atoms with E-state index in [9.17, 15) is 0 Å². The minimum atomic E-state index is 1.02. The van der Waals surface area contributed by atoms with Crippen LogP contribution in [0.15, 0.2) is 96.4 Å². The third-order valence-corrected chi connectivity index (χ3v) is 5.35. The van der Waals surface area contributed by atoms with E-state index in [1.165, 1.54) is 16.8 Å². The van der Waals surface area contributed by atoms with Gasteiger partial charge in [0.2, 0.25) is 0 Å². The maximum atomic E-state index is 4.99. The molecule has 0 aliphatic rings. The van der Waals surface area contributed by atoms with Crippen LogP contribution in [-0.4, -0.2) is 9.38 Å². The number of rotatable bonds is 3. The molecule has 0 N–H and O–H groups in total. The van der Waals surface area contributed by atoms with Crippen molar-refractivity contribution in [2.24, 2.45) is 0 Å². The van der Waals surface area contributed by atoms with E-state index in [-0.39, 0.29) is 0 Å². The summed E-state index contributed by atoms with van der Waals surface area (Å²) < 4.78 is 2.29. The Morgan fingerprint density at radius 2 is 1.15 bits per heavy atom.